The van der Waals surface area contributed by atoms with Crippen LogP contribution in [0.15, 0.2) is 12.2 Å². The zero-order valence-corrected chi connectivity index (χ0v) is 32.4. The standard InChI is InChI=1S/C38H77N2O6P/c1-6-8-10-12-14-16-18-20-22-24-26-28-30-32-38(42)39-36(35-46-47(43,44)45-34-33-40(3,4)5)37(41)31-29-27-25-23-21-19-17-15-13-11-9-7-2/h29,31,36-37,41H,6-28,30,32-35H2,1-5H3,(H-,39,42,43,44)/p+1/b31-29+. The molecular weight excluding hydrogens is 611 g/mol. The highest BCUT2D eigenvalue weighted by Gasteiger charge is 2.27. The van der Waals surface area contributed by atoms with Gasteiger partial charge in [-0.3, -0.25) is 13.8 Å². The van der Waals surface area contributed by atoms with Gasteiger partial charge in [0.05, 0.1) is 39.9 Å². The molecule has 0 fully saturated rings. The molecule has 0 saturated carbocycles. The van der Waals surface area contributed by atoms with Crippen LogP contribution in [-0.2, 0) is 18.4 Å². The van der Waals surface area contributed by atoms with E-state index >= 15 is 0 Å². The third kappa shape index (κ3) is 33.5. The predicted octanol–water partition coefficient (Wildman–Crippen LogP) is 10.0. The fourth-order valence-corrected chi connectivity index (χ4v) is 6.31. The molecule has 0 aliphatic rings. The number of aliphatic hydroxyl groups is 1. The van der Waals surface area contributed by atoms with E-state index < -0.39 is 20.0 Å². The molecular formula is C38H78N2O6P+. The number of aliphatic hydroxyl groups excluding tert-OH is 1. The smallest absolute Gasteiger partial charge is 0.387 e. The number of carbonyl (C=O) groups is 1. The van der Waals surface area contributed by atoms with Crippen LogP contribution in [-0.4, -0.2) is 73.4 Å². The van der Waals surface area contributed by atoms with Gasteiger partial charge in [-0.25, -0.2) is 4.57 Å². The maximum atomic E-state index is 12.8. The summed E-state index contributed by atoms with van der Waals surface area (Å²) in [5, 5.41) is 13.7. The largest absolute Gasteiger partial charge is 0.472 e. The van der Waals surface area contributed by atoms with Crippen molar-refractivity contribution in [3.8, 4) is 0 Å². The van der Waals surface area contributed by atoms with Crippen LogP contribution in [0.1, 0.15) is 174 Å². The van der Waals surface area contributed by atoms with Crippen LogP contribution in [0, 0.1) is 0 Å². The first-order valence-electron chi connectivity index (χ1n) is 19.6. The number of hydrogen-bond acceptors (Lipinski definition) is 5. The second kappa shape index (κ2) is 31.2. The van der Waals surface area contributed by atoms with Gasteiger partial charge in [-0.1, -0.05) is 161 Å². The number of quaternary nitrogens is 1. The minimum absolute atomic E-state index is 0.0642. The van der Waals surface area contributed by atoms with E-state index in [0.717, 1.165) is 38.5 Å². The number of likely N-dealkylation sites (N-methyl/N-ethyl adjacent to an activating group) is 1. The first kappa shape index (κ1) is 46.2. The van der Waals surface area contributed by atoms with E-state index in [1.165, 1.54) is 116 Å². The van der Waals surface area contributed by atoms with Gasteiger partial charge in [-0.2, -0.15) is 0 Å². The molecule has 8 nitrogen and oxygen atoms in total. The highest BCUT2D eigenvalue weighted by Crippen LogP contribution is 2.43. The maximum absolute atomic E-state index is 12.8. The van der Waals surface area contributed by atoms with Crippen molar-refractivity contribution in [3.05, 3.63) is 12.2 Å². The van der Waals surface area contributed by atoms with Gasteiger partial charge in [0.1, 0.15) is 13.2 Å². The number of unbranched alkanes of at least 4 members (excludes halogenated alkanes) is 22. The number of rotatable bonds is 35. The summed E-state index contributed by atoms with van der Waals surface area (Å²) in [5.41, 5.74) is 0. The predicted molar refractivity (Wildman–Crippen MR) is 198 cm³/mol. The number of nitrogens with zero attached hydrogens (tertiary/aromatic N) is 1. The van der Waals surface area contributed by atoms with Gasteiger partial charge >= 0.3 is 7.82 Å². The van der Waals surface area contributed by atoms with Crippen molar-refractivity contribution >= 4 is 13.7 Å². The Morgan fingerprint density at radius 2 is 1.13 bits per heavy atom. The lowest BCUT2D eigenvalue weighted by atomic mass is 10.0. The van der Waals surface area contributed by atoms with Crippen molar-refractivity contribution in [2.24, 2.45) is 0 Å². The van der Waals surface area contributed by atoms with Gasteiger partial charge in [0.2, 0.25) is 5.91 Å². The third-order valence-corrected chi connectivity index (χ3v) is 9.74. The number of nitrogens with one attached hydrogen (secondary N) is 1. The lowest BCUT2D eigenvalue weighted by Crippen LogP contribution is -2.45. The van der Waals surface area contributed by atoms with E-state index in [1.807, 2.05) is 27.2 Å². The average molecular weight is 690 g/mol. The van der Waals surface area contributed by atoms with Crippen LogP contribution in [0.5, 0.6) is 0 Å². The lowest BCUT2D eigenvalue weighted by Gasteiger charge is -2.25. The Hall–Kier alpha value is -0.760. The highest BCUT2D eigenvalue weighted by atomic mass is 31.2. The van der Waals surface area contributed by atoms with Gasteiger partial charge in [0, 0.05) is 6.42 Å². The Morgan fingerprint density at radius 1 is 0.702 bits per heavy atom. The molecule has 0 rings (SSSR count). The van der Waals surface area contributed by atoms with E-state index in [2.05, 4.69) is 19.2 Å². The fourth-order valence-electron chi connectivity index (χ4n) is 5.57. The van der Waals surface area contributed by atoms with E-state index in [-0.39, 0.29) is 19.1 Å². The van der Waals surface area contributed by atoms with Crippen molar-refractivity contribution < 1.29 is 32.9 Å². The topological polar surface area (TPSA) is 105 Å². The van der Waals surface area contributed by atoms with E-state index in [9.17, 15) is 19.4 Å². The average Bonchev–Trinajstić information content (AvgIpc) is 3.01. The molecule has 0 aromatic rings. The number of phosphoric ester groups is 1. The van der Waals surface area contributed by atoms with Crippen LogP contribution in [0.25, 0.3) is 0 Å². The monoisotopic (exact) mass is 690 g/mol. The van der Waals surface area contributed by atoms with E-state index in [4.69, 9.17) is 9.05 Å². The molecule has 0 bridgehead atoms. The number of carbonyl (C=O) groups excluding carboxylic acids is 1. The number of hydrogen-bond donors (Lipinski definition) is 3. The number of allylic oxidation sites excluding steroid dienone is 1. The molecule has 9 heteroatoms. The van der Waals surface area contributed by atoms with Gasteiger partial charge < -0.3 is 19.8 Å². The molecule has 0 spiro atoms. The van der Waals surface area contributed by atoms with Crippen molar-refractivity contribution in [2.45, 2.75) is 187 Å². The van der Waals surface area contributed by atoms with Crippen LogP contribution >= 0.6 is 7.82 Å². The molecule has 0 radical (unpaired) electrons. The number of phosphoric acid groups is 1. The van der Waals surface area contributed by atoms with Crippen molar-refractivity contribution in [1.29, 1.82) is 0 Å². The summed E-state index contributed by atoms with van der Waals surface area (Å²) in [7, 11) is 1.58. The van der Waals surface area contributed by atoms with Crippen LogP contribution < -0.4 is 5.32 Å². The Kier molecular flexibility index (Phi) is 30.7. The summed E-state index contributed by atoms with van der Waals surface area (Å²) >= 11 is 0. The lowest BCUT2D eigenvalue weighted by molar-refractivity contribution is -0.870. The summed E-state index contributed by atoms with van der Waals surface area (Å²) in [4.78, 5) is 23.0. The van der Waals surface area contributed by atoms with Gasteiger partial charge in [-0.05, 0) is 19.3 Å². The molecule has 0 aromatic heterocycles. The van der Waals surface area contributed by atoms with E-state index in [1.54, 1.807) is 6.08 Å². The molecule has 47 heavy (non-hydrogen) atoms. The molecule has 0 heterocycles. The molecule has 0 aliphatic carbocycles. The summed E-state index contributed by atoms with van der Waals surface area (Å²) in [6, 6.07) is -0.837. The zero-order chi connectivity index (χ0) is 35.1. The normalized spacial score (nSPS) is 14.8. The van der Waals surface area contributed by atoms with Crippen LogP contribution in [0.3, 0.4) is 0 Å². The Labute approximate surface area is 291 Å². The molecule has 0 aliphatic heterocycles. The van der Waals surface area contributed by atoms with Gasteiger partial charge in [0.15, 0.2) is 0 Å². The van der Waals surface area contributed by atoms with E-state index in [0.29, 0.717) is 17.4 Å². The minimum atomic E-state index is -4.32. The minimum Gasteiger partial charge on any atom is -0.387 e. The molecule has 3 atom stereocenters. The summed E-state index contributed by atoms with van der Waals surface area (Å²) < 4.78 is 23.4. The Bertz CT molecular complexity index is 789. The summed E-state index contributed by atoms with van der Waals surface area (Å²) in [6.07, 6.45) is 32.6. The first-order chi connectivity index (χ1) is 22.5. The van der Waals surface area contributed by atoms with Crippen LogP contribution in [0.4, 0.5) is 0 Å². The SMILES string of the molecule is CCCCCCCCCCCC/C=C/C(O)C(COP(=O)(O)OCC[N+](C)(C)C)NC(=O)CCCCCCCCCCCCCCC. The first-order valence-corrected chi connectivity index (χ1v) is 21.1. The van der Waals surface area contributed by atoms with Crippen molar-refractivity contribution in [3.63, 3.8) is 0 Å². The second-order valence-electron chi connectivity index (χ2n) is 14.7. The van der Waals surface area contributed by atoms with Crippen molar-refractivity contribution in [2.75, 3.05) is 40.9 Å². The molecule has 1 amide bonds. The summed E-state index contributed by atoms with van der Waals surface area (Å²) in [6.45, 7) is 4.79. The van der Waals surface area contributed by atoms with Gasteiger partial charge in [0.25, 0.3) is 0 Å². The fraction of sp³-hybridized carbons (Fsp3) is 0.921. The quantitative estimate of drug-likeness (QED) is 0.0265. The highest BCUT2D eigenvalue weighted by molar-refractivity contribution is 7.47. The molecule has 280 valence electrons. The van der Waals surface area contributed by atoms with Crippen molar-refractivity contribution in [1.82, 2.24) is 5.32 Å². The Morgan fingerprint density at radius 3 is 1.57 bits per heavy atom. The third-order valence-electron chi connectivity index (χ3n) is 8.76. The maximum Gasteiger partial charge on any atom is 0.472 e. The molecule has 0 aromatic carbocycles. The van der Waals surface area contributed by atoms with Crippen LogP contribution in [0.2, 0.25) is 0 Å². The zero-order valence-electron chi connectivity index (χ0n) is 31.5. The summed E-state index contributed by atoms with van der Waals surface area (Å²) in [5.74, 6) is -0.178. The number of amides is 1. The molecule has 0 saturated heterocycles. The molecule has 3 unspecified atom stereocenters. The molecule has 3 N–H and O–H groups in total. The Balaban J connectivity index is 4.51. The van der Waals surface area contributed by atoms with Gasteiger partial charge in [-0.15, -0.1) is 0 Å². The second-order valence-corrected chi connectivity index (χ2v) is 16.1.